The molecule has 3 fully saturated rings. The minimum atomic E-state index is -1.20. The number of hydrogen-bond acceptors (Lipinski definition) is 10. The van der Waals surface area contributed by atoms with Crippen LogP contribution in [0.25, 0.3) is 0 Å². The molecule has 18 N–H and O–H groups in total. The summed E-state index contributed by atoms with van der Waals surface area (Å²) in [6, 6.07) is -7.26. The third-order valence-electron chi connectivity index (χ3n) is 14.7. The molecule has 0 saturated heterocycles. The Balaban J connectivity index is 1.87. The van der Waals surface area contributed by atoms with Gasteiger partial charge in [-0.15, -0.1) is 0 Å². The fourth-order valence-corrected chi connectivity index (χ4v) is 10.2. The van der Waals surface area contributed by atoms with Gasteiger partial charge in [-0.1, -0.05) is 130 Å². The number of nitrogens with one attached hydrogen (secondary N) is 6. The van der Waals surface area contributed by atoms with Crippen molar-refractivity contribution in [2.24, 2.45) is 74.0 Å². The molecule has 0 heterocycles. The van der Waals surface area contributed by atoms with Gasteiger partial charge in [0.1, 0.15) is 36.3 Å². The first kappa shape index (κ1) is 60.1. The average molecular weight is 1000 g/mol. The third-order valence-corrected chi connectivity index (χ3v) is 14.7. The number of guanidine groups is 2. The number of carbonyl (C=O) groups excluding carboxylic acids is 7. The first-order valence-electron chi connectivity index (χ1n) is 26.8. The van der Waals surface area contributed by atoms with Crippen LogP contribution in [0, 0.1) is 29.6 Å². The van der Waals surface area contributed by atoms with E-state index in [0.29, 0.717) is 38.6 Å². The molecule has 0 bridgehead atoms. The molecule has 0 unspecified atom stereocenters. The predicted octanol–water partition coefficient (Wildman–Crippen LogP) is 1.43. The standard InChI is InChI=1S/C50H92N14O7/c1-5-31(4)41(48(71)60-37(42(52)65)27-32-17-9-6-10-18-32)64-46(69)39(29-34-21-13-8-14-22-34)62-44(67)36(24-16-26-58-50(55)56)59-47(70)40(30(2)3)63-45(68)38(28-33-19-11-7-12-20-33)61-43(66)35(51)23-15-25-57-49(53)54/h30-41H,5-29,51H2,1-4H3,(H2,52,65)(H,59,70)(H,60,71)(H,61,66)(H,62,67)(H,63,68)(H,64,69)(H4,53,54,57)(H4,55,56,58)/t31-,35-,36-,37-,38-,39-,40+,41-/m0/s1. The molecule has 0 aromatic heterocycles. The molecule has 8 atom stereocenters. The summed E-state index contributed by atoms with van der Waals surface area (Å²) < 4.78 is 0. The van der Waals surface area contributed by atoms with E-state index < -0.39 is 89.6 Å². The van der Waals surface area contributed by atoms with Crippen LogP contribution in [0.2, 0.25) is 0 Å². The van der Waals surface area contributed by atoms with Gasteiger partial charge in [-0.3, -0.25) is 43.5 Å². The van der Waals surface area contributed by atoms with E-state index in [4.69, 9.17) is 34.4 Å². The molecule has 3 saturated carbocycles. The van der Waals surface area contributed by atoms with Crippen molar-refractivity contribution in [3.8, 4) is 0 Å². The second-order valence-corrected chi connectivity index (χ2v) is 21.0. The molecule has 404 valence electrons. The van der Waals surface area contributed by atoms with Crippen molar-refractivity contribution in [2.75, 3.05) is 13.1 Å². The number of amides is 7. The van der Waals surface area contributed by atoms with Crippen molar-refractivity contribution in [1.82, 2.24) is 31.9 Å². The summed E-state index contributed by atoms with van der Waals surface area (Å²) in [5.74, 6) is -4.53. The number of carbonyl (C=O) groups is 7. The zero-order chi connectivity index (χ0) is 52.5. The van der Waals surface area contributed by atoms with E-state index >= 15 is 0 Å². The highest BCUT2D eigenvalue weighted by Crippen LogP contribution is 2.30. The van der Waals surface area contributed by atoms with Gasteiger partial charge < -0.3 is 66.3 Å². The zero-order valence-corrected chi connectivity index (χ0v) is 43.3. The van der Waals surface area contributed by atoms with E-state index in [0.717, 1.165) is 96.3 Å². The van der Waals surface area contributed by atoms with E-state index in [2.05, 4.69) is 41.9 Å². The maximum absolute atomic E-state index is 14.6. The Morgan fingerprint density at radius 1 is 0.465 bits per heavy atom. The van der Waals surface area contributed by atoms with Crippen molar-refractivity contribution >= 4 is 53.3 Å². The fourth-order valence-electron chi connectivity index (χ4n) is 10.2. The van der Waals surface area contributed by atoms with Crippen LogP contribution >= 0.6 is 0 Å². The van der Waals surface area contributed by atoms with Gasteiger partial charge >= 0.3 is 0 Å². The van der Waals surface area contributed by atoms with E-state index in [1.807, 2.05) is 13.8 Å². The highest BCUT2D eigenvalue weighted by atomic mass is 16.2. The molecule has 0 aromatic rings. The lowest BCUT2D eigenvalue weighted by Gasteiger charge is -2.32. The van der Waals surface area contributed by atoms with E-state index in [1.165, 1.54) is 0 Å². The van der Waals surface area contributed by atoms with Gasteiger partial charge in [0.05, 0.1) is 6.04 Å². The quantitative estimate of drug-likeness (QED) is 0.0276. The summed E-state index contributed by atoms with van der Waals surface area (Å²) >= 11 is 0. The molecule has 3 rings (SSSR count). The Kier molecular flexibility index (Phi) is 27.1. The third kappa shape index (κ3) is 22.4. The van der Waals surface area contributed by atoms with Crippen LogP contribution in [0.4, 0.5) is 0 Å². The van der Waals surface area contributed by atoms with Crippen LogP contribution in [-0.2, 0) is 33.6 Å². The van der Waals surface area contributed by atoms with Crippen molar-refractivity contribution < 1.29 is 33.6 Å². The fraction of sp³-hybridized carbons (Fsp3) is 0.820. The highest BCUT2D eigenvalue weighted by molar-refractivity contribution is 5.97. The molecule has 0 aliphatic heterocycles. The monoisotopic (exact) mass is 1000 g/mol. The lowest BCUT2D eigenvalue weighted by molar-refractivity contribution is -0.136. The van der Waals surface area contributed by atoms with Crippen molar-refractivity contribution in [3.05, 3.63) is 0 Å². The van der Waals surface area contributed by atoms with Gasteiger partial charge in [-0.2, -0.15) is 0 Å². The summed E-state index contributed by atoms with van der Waals surface area (Å²) in [6.07, 6.45) is 17.5. The van der Waals surface area contributed by atoms with Gasteiger partial charge in [-0.25, -0.2) is 0 Å². The van der Waals surface area contributed by atoms with Gasteiger partial charge in [0.25, 0.3) is 0 Å². The zero-order valence-electron chi connectivity index (χ0n) is 43.3. The highest BCUT2D eigenvalue weighted by Gasteiger charge is 2.37. The Morgan fingerprint density at radius 2 is 0.831 bits per heavy atom. The molecular weight excluding hydrogens is 909 g/mol. The second kappa shape index (κ2) is 32.0. The summed E-state index contributed by atoms with van der Waals surface area (Å²) in [6.45, 7) is 7.70. The lowest BCUT2D eigenvalue weighted by atomic mass is 9.84. The molecule has 71 heavy (non-hydrogen) atoms. The Bertz CT molecular complexity index is 1750. The summed E-state index contributed by atoms with van der Waals surface area (Å²) in [5.41, 5.74) is 34.1. The minimum absolute atomic E-state index is 0.0641. The average Bonchev–Trinajstić information content (AvgIpc) is 3.34. The van der Waals surface area contributed by atoms with Crippen LogP contribution < -0.4 is 66.3 Å². The van der Waals surface area contributed by atoms with Gasteiger partial charge in [-0.05, 0) is 74.5 Å². The van der Waals surface area contributed by atoms with Crippen molar-refractivity contribution in [3.63, 3.8) is 0 Å². The molecular formula is C50H92N14O7. The molecule has 0 spiro atoms. The van der Waals surface area contributed by atoms with E-state index in [-0.39, 0.29) is 61.4 Å². The number of aliphatic imine (C=N–C) groups is 2. The minimum Gasteiger partial charge on any atom is -0.370 e. The largest absolute Gasteiger partial charge is 0.370 e. The predicted molar refractivity (Wildman–Crippen MR) is 276 cm³/mol. The second-order valence-electron chi connectivity index (χ2n) is 21.0. The first-order valence-corrected chi connectivity index (χ1v) is 26.8. The van der Waals surface area contributed by atoms with Crippen LogP contribution in [-0.4, -0.2) is 109 Å². The number of primary amides is 1. The van der Waals surface area contributed by atoms with Gasteiger partial charge in [0.2, 0.25) is 41.4 Å². The molecule has 21 heteroatoms. The van der Waals surface area contributed by atoms with Crippen LogP contribution in [0.3, 0.4) is 0 Å². The molecule has 21 nitrogen and oxygen atoms in total. The topological polar surface area (TPSA) is 373 Å². The number of nitrogens with two attached hydrogens (primary N) is 6. The first-order chi connectivity index (χ1) is 33.8. The summed E-state index contributed by atoms with van der Waals surface area (Å²) in [5, 5.41) is 17.3. The number of rotatable bonds is 30. The van der Waals surface area contributed by atoms with Gasteiger partial charge in [0, 0.05) is 13.1 Å². The summed E-state index contributed by atoms with van der Waals surface area (Å²) in [4.78, 5) is 106. The SMILES string of the molecule is CC[C@H](C)[C@H](NC(=O)[C@H](CC1CCCCC1)NC(=O)[C@H](CCCN=C(N)N)NC(=O)[C@H](NC(=O)[C@H](CC1CCCCC1)NC(=O)[C@@H](N)CCCN=C(N)N)C(C)C)C(=O)N[C@@H](CC1CCCCC1)C(N)=O. The smallest absolute Gasteiger partial charge is 0.243 e. The normalized spacial score (nSPS) is 19.2. The molecule has 0 radical (unpaired) electrons. The van der Waals surface area contributed by atoms with E-state index in [1.54, 1.807) is 13.8 Å². The summed E-state index contributed by atoms with van der Waals surface area (Å²) in [7, 11) is 0. The number of hydrogen-bond donors (Lipinski definition) is 12. The number of nitrogens with zero attached hydrogens (tertiary/aromatic N) is 2. The molecule has 7 amide bonds. The van der Waals surface area contributed by atoms with Crippen LogP contribution in [0.15, 0.2) is 9.98 Å². The Labute approximate surface area is 422 Å². The van der Waals surface area contributed by atoms with Crippen LogP contribution in [0.5, 0.6) is 0 Å². The van der Waals surface area contributed by atoms with Crippen LogP contribution in [0.1, 0.15) is 175 Å². The lowest BCUT2D eigenvalue weighted by Crippen LogP contribution is -2.61. The van der Waals surface area contributed by atoms with Gasteiger partial charge in [0.15, 0.2) is 11.9 Å². The maximum atomic E-state index is 14.6. The van der Waals surface area contributed by atoms with Crippen molar-refractivity contribution in [1.29, 1.82) is 0 Å². The van der Waals surface area contributed by atoms with Crippen molar-refractivity contribution in [2.45, 2.75) is 218 Å². The molecule has 3 aliphatic rings. The van der Waals surface area contributed by atoms with E-state index in [9.17, 15) is 33.6 Å². The Morgan fingerprint density at radius 3 is 1.25 bits per heavy atom. The Hall–Kier alpha value is -5.21. The molecule has 3 aliphatic carbocycles. The maximum Gasteiger partial charge on any atom is 0.243 e. The molecule has 0 aromatic carbocycles.